The molecule has 0 unspecified atom stereocenters. The lowest BCUT2D eigenvalue weighted by molar-refractivity contribution is -0.172. The van der Waals surface area contributed by atoms with Gasteiger partial charge < -0.3 is 14.2 Å². The van der Waals surface area contributed by atoms with Crippen LogP contribution in [-0.2, 0) is 23.8 Å². The van der Waals surface area contributed by atoms with E-state index >= 15 is 0 Å². The maximum atomic E-state index is 13.4. The first kappa shape index (κ1) is 24.2. The minimum absolute atomic E-state index is 0.0539. The lowest BCUT2D eigenvalue weighted by Gasteiger charge is -2.33. The average molecular weight is 451 g/mol. The van der Waals surface area contributed by atoms with Gasteiger partial charge in [-0.2, -0.15) is 0 Å². The highest BCUT2D eigenvalue weighted by atomic mass is 16.8. The van der Waals surface area contributed by atoms with Gasteiger partial charge in [0.05, 0.1) is 0 Å². The molecule has 1 fully saturated rings. The number of ether oxygens (including phenoxy) is 3. The van der Waals surface area contributed by atoms with Gasteiger partial charge in [-0.1, -0.05) is 72.8 Å². The smallest absolute Gasteiger partial charge is 0.459 e. The van der Waals surface area contributed by atoms with E-state index in [0.29, 0.717) is 0 Å². The van der Waals surface area contributed by atoms with Crippen molar-refractivity contribution in [2.24, 2.45) is 5.41 Å². The molecule has 3 atom stereocenters. The van der Waals surface area contributed by atoms with Crippen molar-refractivity contribution in [3.8, 4) is 0 Å². The molecule has 6 heteroatoms. The van der Waals surface area contributed by atoms with Crippen LogP contribution in [0.25, 0.3) is 6.08 Å². The maximum Gasteiger partial charge on any atom is 0.509 e. The van der Waals surface area contributed by atoms with Crippen molar-refractivity contribution in [3.05, 3.63) is 77.9 Å². The highest BCUT2D eigenvalue weighted by molar-refractivity contribution is 6.03. The minimum Gasteiger partial charge on any atom is -0.459 e. The van der Waals surface area contributed by atoms with E-state index in [4.69, 9.17) is 14.2 Å². The summed E-state index contributed by atoms with van der Waals surface area (Å²) in [5.74, 6) is -1.00. The fourth-order valence-electron chi connectivity index (χ4n) is 3.83. The van der Waals surface area contributed by atoms with E-state index in [-0.39, 0.29) is 18.6 Å². The van der Waals surface area contributed by atoms with Gasteiger partial charge in [0, 0.05) is 6.42 Å². The molecule has 0 N–H and O–H groups in total. The molecule has 1 aliphatic rings. The molecule has 0 aromatic heterocycles. The van der Waals surface area contributed by atoms with Crippen LogP contribution in [0.4, 0.5) is 4.79 Å². The zero-order valence-electron chi connectivity index (χ0n) is 19.4. The SMILES string of the molecule is CC(=O)[C@](CC=Cc1ccccc1)(C[C@H]1OC(=O)O[C@@H]1c1ccccc1)C(=O)OC(C)(C)C. The summed E-state index contributed by atoms with van der Waals surface area (Å²) in [4.78, 5) is 38.5. The zero-order chi connectivity index (χ0) is 24.1. The predicted molar refractivity (Wildman–Crippen MR) is 124 cm³/mol. The molecule has 3 rings (SSSR count). The summed E-state index contributed by atoms with van der Waals surface area (Å²) < 4.78 is 16.5. The third-order valence-corrected chi connectivity index (χ3v) is 5.53. The highest BCUT2D eigenvalue weighted by Gasteiger charge is 2.51. The van der Waals surface area contributed by atoms with Crippen LogP contribution < -0.4 is 0 Å². The van der Waals surface area contributed by atoms with Crippen molar-refractivity contribution in [2.75, 3.05) is 0 Å². The molecule has 0 bridgehead atoms. The summed E-state index contributed by atoms with van der Waals surface area (Å²) in [7, 11) is 0. The molecule has 174 valence electrons. The Morgan fingerprint density at radius 3 is 2.15 bits per heavy atom. The maximum absolute atomic E-state index is 13.4. The molecule has 1 saturated heterocycles. The lowest BCUT2D eigenvalue weighted by Crippen LogP contribution is -2.45. The van der Waals surface area contributed by atoms with E-state index in [1.54, 1.807) is 26.8 Å². The molecule has 33 heavy (non-hydrogen) atoms. The minimum atomic E-state index is -1.54. The van der Waals surface area contributed by atoms with E-state index < -0.39 is 35.3 Å². The van der Waals surface area contributed by atoms with Crippen molar-refractivity contribution >= 4 is 24.0 Å². The van der Waals surface area contributed by atoms with Crippen LogP contribution in [0.1, 0.15) is 57.8 Å². The van der Waals surface area contributed by atoms with Gasteiger partial charge in [-0.05, 0) is 45.2 Å². The Morgan fingerprint density at radius 1 is 0.970 bits per heavy atom. The van der Waals surface area contributed by atoms with Gasteiger partial charge in [-0.3, -0.25) is 9.59 Å². The average Bonchev–Trinajstić information content (AvgIpc) is 3.13. The first-order valence-corrected chi connectivity index (χ1v) is 11.0. The Bertz CT molecular complexity index is 1010. The Kier molecular flexibility index (Phi) is 7.36. The van der Waals surface area contributed by atoms with Crippen LogP contribution in [0, 0.1) is 5.41 Å². The van der Waals surface area contributed by atoms with Crippen molar-refractivity contribution in [1.29, 1.82) is 0 Å². The molecule has 0 saturated carbocycles. The number of cyclic esters (lactones) is 2. The fraction of sp³-hybridized carbons (Fsp3) is 0.370. The number of benzene rings is 2. The van der Waals surface area contributed by atoms with Crippen molar-refractivity contribution in [3.63, 3.8) is 0 Å². The molecule has 1 aliphatic heterocycles. The van der Waals surface area contributed by atoms with Crippen LogP contribution in [0.3, 0.4) is 0 Å². The molecule has 2 aromatic carbocycles. The number of rotatable bonds is 8. The van der Waals surface area contributed by atoms with Crippen molar-refractivity contribution in [2.45, 2.75) is 58.3 Å². The number of hydrogen-bond acceptors (Lipinski definition) is 6. The summed E-state index contributed by atoms with van der Waals surface area (Å²) in [5.41, 5.74) is -0.654. The summed E-state index contributed by atoms with van der Waals surface area (Å²) in [5, 5.41) is 0. The van der Waals surface area contributed by atoms with Crippen molar-refractivity contribution < 1.29 is 28.6 Å². The van der Waals surface area contributed by atoms with Crippen LogP contribution in [0.15, 0.2) is 66.7 Å². The van der Waals surface area contributed by atoms with E-state index in [2.05, 4.69) is 0 Å². The van der Waals surface area contributed by atoms with Gasteiger partial charge >= 0.3 is 12.1 Å². The van der Waals surface area contributed by atoms with Crippen LogP contribution in [0.2, 0.25) is 0 Å². The van der Waals surface area contributed by atoms with Gasteiger partial charge in [-0.25, -0.2) is 4.79 Å². The summed E-state index contributed by atoms with van der Waals surface area (Å²) in [6, 6.07) is 18.7. The molecule has 0 radical (unpaired) electrons. The number of carbonyl (C=O) groups is 3. The van der Waals surface area contributed by atoms with E-state index in [9.17, 15) is 14.4 Å². The molecule has 6 nitrogen and oxygen atoms in total. The number of carbonyl (C=O) groups excluding carboxylic acids is 3. The van der Waals surface area contributed by atoms with Gasteiger partial charge in [0.15, 0.2) is 6.10 Å². The molecular weight excluding hydrogens is 420 g/mol. The van der Waals surface area contributed by atoms with Gasteiger partial charge in [0.1, 0.15) is 22.9 Å². The largest absolute Gasteiger partial charge is 0.509 e. The molecule has 0 amide bonds. The Morgan fingerprint density at radius 2 is 1.58 bits per heavy atom. The van der Waals surface area contributed by atoms with Crippen LogP contribution in [-0.4, -0.2) is 29.6 Å². The van der Waals surface area contributed by atoms with E-state index in [1.807, 2.05) is 66.7 Å². The standard InChI is InChI=1S/C27H30O6/c1-19(28)27(24(29)33-26(2,3)4,17-11-14-20-12-7-5-8-13-20)18-22-23(32-25(30)31-22)21-15-9-6-10-16-21/h5-16,22-23H,17-18H2,1-4H3/t22-,23-,27+/m1/s1. The van der Waals surface area contributed by atoms with Gasteiger partial charge in [-0.15, -0.1) is 0 Å². The second kappa shape index (κ2) is 10.0. The molecule has 1 heterocycles. The number of hydrogen-bond donors (Lipinski definition) is 0. The fourth-order valence-corrected chi connectivity index (χ4v) is 3.83. The number of esters is 1. The summed E-state index contributed by atoms with van der Waals surface area (Å²) >= 11 is 0. The van der Waals surface area contributed by atoms with Crippen LogP contribution >= 0.6 is 0 Å². The number of ketones is 1. The first-order chi connectivity index (χ1) is 15.6. The molecule has 0 spiro atoms. The predicted octanol–water partition coefficient (Wildman–Crippen LogP) is 5.67. The monoisotopic (exact) mass is 450 g/mol. The molecular formula is C27H30O6. The molecule has 0 aliphatic carbocycles. The van der Waals surface area contributed by atoms with Gasteiger partial charge in [0.2, 0.25) is 0 Å². The Balaban J connectivity index is 1.95. The zero-order valence-corrected chi connectivity index (χ0v) is 19.4. The molecule has 2 aromatic rings. The van der Waals surface area contributed by atoms with E-state index in [1.165, 1.54) is 6.92 Å². The second-order valence-electron chi connectivity index (χ2n) is 9.22. The Labute approximate surface area is 194 Å². The highest BCUT2D eigenvalue weighted by Crippen LogP contribution is 2.41. The van der Waals surface area contributed by atoms with Gasteiger partial charge in [0.25, 0.3) is 0 Å². The van der Waals surface area contributed by atoms with E-state index in [0.717, 1.165) is 11.1 Å². The third kappa shape index (κ3) is 6.09. The van der Waals surface area contributed by atoms with Crippen molar-refractivity contribution in [1.82, 2.24) is 0 Å². The number of Topliss-reactive ketones (excluding diaryl/α,β-unsaturated/α-hetero) is 1. The quantitative estimate of drug-likeness (QED) is 0.381. The summed E-state index contributed by atoms with van der Waals surface area (Å²) in [6.45, 7) is 6.62. The third-order valence-electron chi connectivity index (χ3n) is 5.53. The Hall–Kier alpha value is -3.41. The van der Waals surface area contributed by atoms with Crippen LogP contribution in [0.5, 0.6) is 0 Å². The topological polar surface area (TPSA) is 78.9 Å². The normalized spacial score (nSPS) is 20.1. The second-order valence-corrected chi connectivity index (χ2v) is 9.22. The first-order valence-electron chi connectivity index (χ1n) is 11.0. The number of allylic oxidation sites excluding steroid dienone is 1. The summed E-state index contributed by atoms with van der Waals surface area (Å²) in [6.07, 6.45) is 1.32. The lowest BCUT2D eigenvalue weighted by atomic mass is 9.74.